The quantitative estimate of drug-likeness (QED) is 0.656. The Morgan fingerprint density at radius 3 is 2.69 bits per heavy atom. The summed E-state index contributed by atoms with van der Waals surface area (Å²) < 4.78 is 16.3. The second-order valence-electron chi connectivity index (χ2n) is 5.68. The van der Waals surface area contributed by atoms with Gasteiger partial charge < -0.3 is 19.2 Å². The molecule has 1 heterocycles. The first-order chi connectivity index (χ1) is 12.7. The number of anilines is 1. The van der Waals surface area contributed by atoms with Crippen LogP contribution >= 0.6 is 0 Å². The number of ether oxygens (including phenoxy) is 2. The van der Waals surface area contributed by atoms with E-state index in [1.165, 1.54) is 6.08 Å². The molecule has 0 fully saturated rings. The molecular formula is C21H21NO4. The molecule has 5 nitrogen and oxygen atoms in total. The predicted octanol–water partition coefficient (Wildman–Crippen LogP) is 4.66. The lowest BCUT2D eigenvalue weighted by atomic mass is 10.1. The second kappa shape index (κ2) is 7.78. The fourth-order valence-corrected chi connectivity index (χ4v) is 2.80. The highest BCUT2D eigenvalue weighted by molar-refractivity contribution is 6.04. The van der Waals surface area contributed by atoms with Crippen molar-refractivity contribution >= 4 is 28.6 Å². The maximum atomic E-state index is 12.4. The highest BCUT2D eigenvalue weighted by Crippen LogP contribution is 2.30. The number of amides is 1. The fourth-order valence-electron chi connectivity index (χ4n) is 2.80. The molecule has 0 saturated heterocycles. The number of methoxy groups -OCH3 is 2. The number of rotatable bonds is 6. The van der Waals surface area contributed by atoms with Crippen molar-refractivity contribution in [2.75, 3.05) is 19.5 Å². The fraction of sp³-hybridized carbons (Fsp3) is 0.190. The third-order valence-electron chi connectivity index (χ3n) is 4.10. The zero-order valence-corrected chi connectivity index (χ0v) is 15.0. The molecule has 3 aromatic rings. The first-order valence-corrected chi connectivity index (χ1v) is 8.37. The Hall–Kier alpha value is -3.21. The van der Waals surface area contributed by atoms with Crippen LogP contribution in [-0.4, -0.2) is 20.1 Å². The Morgan fingerprint density at radius 2 is 1.96 bits per heavy atom. The molecule has 1 N–H and O–H groups in total. The molecule has 1 aromatic heterocycles. The first-order valence-electron chi connectivity index (χ1n) is 8.37. The number of para-hydroxylation sites is 1. The molecule has 0 unspecified atom stereocenters. The molecule has 26 heavy (non-hydrogen) atoms. The van der Waals surface area contributed by atoms with Crippen molar-refractivity contribution in [2.45, 2.75) is 13.3 Å². The number of furan rings is 1. The first kappa shape index (κ1) is 17.6. The maximum Gasteiger partial charge on any atom is 0.248 e. The number of benzene rings is 2. The molecule has 0 aliphatic rings. The highest BCUT2D eigenvalue weighted by atomic mass is 16.5. The van der Waals surface area contributed by atoms with Gasteiger partial charge in [-0.05, 0) is 24.3 Å². The molecule has 1 amide bonds. The van der Waals surface area contributed by atoms with E-state index >= 15 is 0 Å². The minimum absolute atomic E-state index is 0.249. The van der Waals surface area contributed by atoms with Gasteiger partial charge in [0.1, 0.15) is 22.8 Å². The molecule has 5 heteroatoms. The van der Waals surface area contributed by atoms with Crippen molar-refractivity contribution < 1.29 is 18.7 Å². The van der Waals surface area contributed by atoms with Crippen molar-refractivity contribution in [3.05, 3.63) is 59.9 Å². The number of nitrogens with one attached hydrogen (secondary N) is 1. The summed E-state index contributed by atoms with van der Waals surface area (Å²) >= 11 is 0. The number of aryl methyl sites for hydroxylation is 1. The zero-order chi connectivity index (χ0) is 18.5. The predicted molar refractivity (Wildman–Crippen MR) is 103 cm³/mol. The van der Waals surface area contributed by atoms with Gasteiger partial charge in [0, 0.05) is 29.5 Å². The molecule has 0 bridgehead atoms. The Bertz CT molecular complexity index is 956. The van der Waals surface area contributed by atoms with Crippen LogP contribution in [0.1, 0.15) is 18.2 Å². The van der Waals surface area contributed by atoms with Gasteiger partial charge in [0.2, 0.25) is 5.91 Å². The Balaban J connectivity index is 1.83. The molecule has 0 radical (unpaired) electrons. The molecule has 0 aliphatic carbocycles. The zero-order valence-electron chi connectivity index (χ0n) is 15.0. The van der Waals surface area contributed by atoms with E-state index in [1.807, 2.05) is 31.2 Å². The number of hydrogen-bond donors (Lipinski definition) is 1. The normalized spacial score (nSPS) is 11.0. The SMILES string of the molecule is CCc1oc2ccccc2c1C=CC(=O)Nc1ccc(OC)cc1OC. The van der Waals surface area contributed by atoms with Gasteiger partial charge in [-0.2, -0.15) is 0 Å². The summed E-state index contributed by atoms with van der Waals surface area (Å²) in [5.41, 5.74) is 2.33. The van der Waals surface area contributed by atoms with Crippen molar-refractivity contribution in [2.24, 2.45) is 0 Å². The van der Waals surface area contributed by atoms with Crippen LogP contribution in [0, 0.1) is 0 Å². The van der Waals surface area contributed by atoms with Gasteiger partial charge in [-0.3, -0.25) is 4.79 Å². The van der Waals surface area contributed by atoms with Crippen LogP contribution in [0.5, 0.6) is 11.5 Å². The number of fused-ring (bicyclic) bond motifs is 1. The third-order valence-corrected chi connectivity index (χ3v) is 4.10. The Kier molecular flexibility index (Phi) is 5.27. The van der Waals surface area contributed by atoms with Crippen molar-refractivity contribution in [3.63, 3.8) is 0 Å². The smallest absolute Gasteiger partial charge is 0.248 e. The largest absolute Gasteiger partial charge is 0.497 e. The average Bonchev–Trinajstić information content (AvgIpc) is 3.04. The molecule has 0 spiro atoms. The lowest BCUT2D eigenvalue weighted by Crippen LogP contribution is -2.09. The van der Waals surface area contributed by atoms with E-state index in [1.54, 1.807) is 38.5 Å². The lowest BCUT2D eigenvalue weighted by Gasteiger charge is -2.10. The van der Waals surface area contributed by atoms with E-state index < -0.39 is 0 Å². The van der Waals surface area contributed by atoms with E-state index in [-0.39, 0.29) is 5.91 Å². The van der Waals surface area contributed by atoms with Gasteiger partial charge in [-0.15, -0.1) is 0 Å². The monoisotopic (exact) mass is 351 g/mol. The van der Waals surface area contributed by atoms with Gasteiger partial charge in [-0.1, -0.05) is 25.1 Å². The summed E-state index contributed by atoms with van der Waals surface area (Å²) in [6.45, 7) is 2.03. The topological polar surface area (TPSA) is 60.7 Å². The van der Waals surface area contributed by atoms with Crippen molar-refractivity contribution in [1.29, 1.82) is 0 Å². The van der Waals surface area contributed by atoms with Crippen LogP contribution in [0.25, 0.3) is 17.0 Å². The highest BCUT2D eigenvalue weighted by Gasteiger charge is 2.11. The number of carbonyl (C=O) groups is 1. The van der Waals surface area contributed by atoms with Crippen LogP contribution in [0.4, 0.5) is 5.69 Å². The Morgan fingerprint density at radius 1 is 1.15 bits per heavy atom. The minimum Gasteiger partial charge on any atom is -0.497 e. The van der Waals surface area contributed by atoms with E-state index in [0.717, 1.165) is 28.7 Å². The van der Waals surface area contributed by atoms with Crippen molar-refractivity contribution in [3.8, 4) is 11.5 Å². The summed E-state index contributed by atoms with van der Waals surface area (Å²) in [6.07, 6.45) is 4.04. The molecule has 0 aliphatic heterocycles. The standard InChI is InChI=1S/C21H21NO4/c1-4-18-16(15-7-5-6-8-19(15)26-18)10-12-21(23)22-17-11-9-14(24-2)13-20(17)25-3/h5-13H,4H2,1-3H3,(H,22,23). The van der Waals surface area contributed by atoms with Gasteiger partial charge in [0.05, 0.1) is 19.9 Å². The van der Waals surface area contributed by atoms with Crippen LogP contribution < -0.4 is 14.8 Å². The minimum atomic E-state index is -0.249. The Labute approximate surface area is 152 Å². The summed E-state index contributed by atoms with van der Waals surface area (Å²) in [5, 5.41) is 3.82. The van der Waals surface area contributed by atoms with Gasteiger partial charge in [-0.25, -0.2) is 0 Å². The second-order valence-corrected chi connectivity index (χ2v) is 5.68. The van der Waals surface area contributed by atoms with Crippen LogP contribution in [0.2, 0.25) is 0 Å². The average molecular weight is 351 g/mol. The number of hydrogen-bond acceptors (Lipinski definition) is 4. The molecule has 2 aromatic carbocycles. The van der Waals surface area contributed by atoms with E-state index in [4.69, 9.17) is 13.9 Å². The molecule has 3 rings (SSSR count). The van der Waals surface area contributed by atoms with Gasteiger partial charge >= 0.3 is 0 Å². The molecule has 0 atom stereocenters. The van der Waals surface area contributed by atoms with Crippen molar-refractivity contribution in [1.82, 2.24) is 0 Å². The van der Waals surface area contributed by atoms with E-state index in [0.29, 0.717) is 17.2 Å². The van der Waals surface area contributed by atoms with Crippen LogP contribution in [0.3, 0.4) is 0 Å². The molecule has 0 saturated carbocycles. The van der Waals surface area contributed by atoms with Crippen LogP contribution in [0.15, 0.2) is 53.0 Å². The summed E-state index contributed by atoms with van der Waals surface area (Å²) in [4.78, 5) is 12.4. The van der Waals surface area contributed by atoms with Gasteiger partial charge in [0.15, 0.2) is 0 Å². The van der Waals surface area contributed by atoms with Gasteiger partial charge in [0.25, 0.3) is 0 Å². The molecule has 134 valence electrons. The lowest BCUT2D eigenvalue weighted by molar-refractivity contribution is -0.111. The summed E-state index contributed by atoms with van der Waals surface area (Å²) in [7, 11) is 3.13. The van der Waals surface area contributed by atoms with Crippen LogP contribution in [-0.2, 0) is 11.2 Å². The summed E-state index contributed by atoms with van der Waals surface area (Å²) in [6, 6.07) is 13.0. The number of carbonyl (C=O) groups excluding carboxylic acids is 1. The van der Waals surface area contributed by atoms with E-state index in [2.05, 4.69) is 5.32 Å². The summed E-state index contributed by atoms with van der Waals surface area (Å²) in [5.74, 6) is 1.81. The van der Waals surface area contributed by atoms with E-state index in [9.17, 15) is 4.79 Å². The maximum absolute atomic E-state index is 12.4. The third kappa shape index (κ3) is 3.57. The molecular weight excluding hydrogens is 330 g/mol.